The Kier molecular flexibility index (Phi) is 4.46. The lowest BCUT2D eigenvalue weighted by Crippen LogP contribution is -2.28. The number of nitrogens with zero attached hydrogens (tertiary/aromatic N) is 1. The first-order chi connectivity index (χ1) is 9.02. The second kappa shape index (κ2) is 5.91. The molecule has 2 N–H and O–H groups in total. The summed E-state index contributed by atoms with van der Waals surface area (Å²) in [5.74, 6) is 0.664. The van der Waals surface area contributed by atoms with Crippen LogP contribution >= 0.6 is 0 Å². The van der Waals surface area contributed by atoms with Crippen LogP contribution in [-0.2, 0) is 0 Å². The molecular weight excluding hydrogens is 239 g/mol. The van der Waals surface area contributed by atoms with Crippen molar-refractivity contribution in [1.82, 2.24) is 0 Å². The first kappa shape index (κ1) is 14.3. The van der Waals surface area contributed by atoms with E-state index in [1.165, 1.54) is 12.8 Å². The molecule has 1 fully saturated rings. The third-order valence-electron chi connectivity index (χ3n) is 3.81. The van der Waals surface area contributed by atoms with Crippen LogP contribution in [0.1, 0.15) is 50.3 Å². The van der Waals surface area contributed by atoms with Gasteiger partial charge in [0.15, 0.2) is 0 Å². The highest BCUT2D eigenvalue weighted by Crippen LogP contribution is 2.34. The van der Waals surface area contributed by atoms with Crippen molar-refractivity contribution in [2.45, 2.75) is 46.1 Å². The molecule has 0 saturated heterocycles. The van der Waals surface area contributed by atoms with Gasteiger partial charge in [-0.05, 0) is 62.3 Å². The topological polar surface area (TPSA) is 29.3 Å². The fraction of sp³-hybridized carbons (Fsp3) is 0.625. The minimum Gasteiger partial charge on any atom is -0.371 e. The SMILES string of the molecule is CCCN(CC1CC1)c1cc(C)c(F)cc1[C@H](C)N. The molecule has 19 heavy (non-hydrogen) atoms. The van der Waals surface area contributed by atoms with Gasteiger partial charge in [0.05, 0.1) is 0 Å². The summed E-state index contributed by atoms with van der Waals surface area (Å²) < 4.78 is 13.8. The highest BCUT2D eigenvalue weighted by molar-refractivity contribution is 5.57. The maximum atomic E-state index is 13.8. The van der Waals surface area contributed by atoms with E-state index in [-0.39, 0.29) is 11.9 Å². The Balaban J connectivity index is 2.34. The number of hydrogen-bond donors (Lipinski definition) is 1. The lowest BCUT2D eigenvalue weighted by molar-refractivity contribution is 0.610. The summed E-state index contributed by atoms with van der Waals surface area (Å²) in [6.45, 7) is 8.03. The van der Waals surface area contributed by atoms with Gasteiger partial charge in [-0.1, -0.05) is 6.92 Å². The van der Waals surface area contributed by atoms with Crippen LogP contribution in [0.4, 0.5) is 10.1 Å². The van der Waals surface area contributed by atoms with E-state index < -0.39 is 0 Å². The van der Waals surface area contributed by atoms with Crippen LogP contribution in [0, 0.1) is 18.7 Å². The van der Waals surface area contributed by atoms with E-state index in [1.54, 1.807) is 6.07 Å². The summed E-state index contributed by atoms with van der Waals surface area (Å²) in [6.07, 6.45) is 3.75. The first-order valence-electron chi connectivity index (χ1n) is 7.33. The van der Waals surface area contributed by atoms with Crippen molar-refractivity contribution in [2.75, 3.05) is 18.0 Å². The third-order valence-corrected chi connectivity index (χ3v) is 3.81. The molecule has 1 aliphatic rings. The summed E-state index contributed by atoms with van der Waals surface area (Å²) in [5.41, 5.74) is 8.78. The Hall–Kier alpha value is -1.09. The smallest absolute Gasteiger partial charge is 0.126 e. The van der Waals surface area contributed by atoms with Crippen LogP contribution in [0.15, 0.2) is 12.1 Å². The van der Waals surface area contributed by atoms with Crippen LogP contribution in [0.5, 0.6) is 0 Å². The Labute approximate surface area is 115 Å². The number of anilines is 1. The molecule has 1 aromatic rings. The zero-order valence-corrected chi connectivity index (χ0v) is 12.2. The lowest BCUT2D eigenvalue weighted by Gasteiger charge is -2.28. The molecule has 0 heterocycles. The van der Waals surface area contributed by atoms with Crippen molar-refractivity contribution in [3.05, 3.63) is 29.1 Å². The number of halogens is 1. The van der Waals surface area contributed by atoms with Crippen molar-refractivity contribution in [2.24, 2.45) is 11.7 Å². The minimum absolute atomic E-state index is 0.136. The summed E-state index contributed by atoms with van der Waals surface area (Å²) in [4.78, 5) is 2.39. The maximum Gasteiger partial charge on any atom is 0.126 e. The number of nitrogens with two attached hydrogens (primary N) is 1. The van der Waals surface area contributed by atoms with Crippen LogP contribution in [0.3, 0.4) is 0 Å². The van der Waals surface area contributed by atoms with Gasteiger partial charge in [-0.25, -0.2) is 4.39 Å². The third kappa shape index (κ3) is 3.47. The van der Waals surface area contributed by atoms with Gasteiger partial charge in [0, 0.05) is 24.8 Å². The van der Waals surface area contributed by atoms with E-state index >= 15 is 0 Å². The Morgan fingerprint density at radius 2 is 2.11 bits per heavy atom. The molecule has 0 radical (unpaired) electrons. The first-order valence-corrected chi connectivity index (χ1v) is 7.33. The standard InChI is InChI=1S/C16H25FN2/c1-4-7-19(10-13-5-6-13)16-8-11(2)15(17)9-14(16)12(3)18/h8-9,12-13H,4-7,10,18H2,1-3H3/t12-/m0/s1. The molecule has 3 heteroatoms. The Bertz CT molecular complexity index is 439. The number of rotatable bonds is 6. The van der Waals surface area contributed by atoms with E-state index in [0.717, 1.165) is 36.7 Å². The van der Waals surface area contributed by atoms with E-state index in [2.05, 4.69) is 11.8 Å². The van der Waals surface area contributed by atoms with Gasteiger partial charge in [0.1, 0.15) is 5.82 Å². The monoisotopic (exact) mass is 264 g/mol. The van der Waals surface area contributed by atoms with Gasteiger partial charge >= 0.3 is 0 Å². The quantitative estimate of drug-likeness (QED) is 0.847. The average molecular weight is 264 g/mol. The summed E-state index contributed by atoms with van der Waals surface area (Å²) in [5, 5.41) is 0. The van der Waals surface area contributed by atoms with Crippen LogP contribution in [0.2, 0.25) is 0 Å². The molecule has 0 unspecified atom stereocenters. The molecule has 1 atom stereocenters. The van der Waals surface area contributed by atoms with Crippen molar-refractivity contribution in [3.8, 4) is 0 Å². The van der Waals surface area contributed by atoms with Crippen molar-refractivity contribution in [1.29, 1.82) is 0 Å². The second-order valence-corrected chi connectivity index (χ2v) is 5.84. The van der Waals surface area contributed by atoms with Gasteiger partial charge in [-0.2, -0.15) is 0 Å². The van der Waals surface area contributed by atoms with Gasteiger partial charge in [-0.15, -0.1) is 0 Å². The van der Waals surface area contributed by atoms with Gasteiger partial charge in [0.25, 0.3) is 0 Å². The molecule has 0 aromatic heterocycles. The molecule has 0 spiro atoms. The lowest BCUT2D eigenvalue weighted by atomic mass is 10.0. The molecule has 2 nitrogen and oxygen atoms in total. The largest absolute Gasteiger partial charge is 0.371 e. The van der Waals surface area contributed by atoms with Crippen molar-refractivity contribution >= 4 is 5.69 Å². The molecule has 1 saturated carbocycles. The molecular formula is C16H25FN2. The molecule has 0 bridgehead atoms. The van der Waals surface area contributed by atoms with Crippen molar-refractivity contribution < 1.29 is 4.39 Å². The van der Waals surface area contributed by atoms with Gasteiger partial charge in [0.2, 0.25) is 0 Å². The highest BCUT2D eigenvalue weighted by Gasteiger charge is 2.26. The van der Waals surface area contributed by atoms with Gasteiger partial charge in [-0.3, -0.25) is 0 Å². The molecule has 1 aliphatic carbocycles. The molecule has 106 valence electrons. The van der Waals surface area contributed by atoms with Crippen LogP contribution in [0.25, 0.3) is 0 Å². The number of hydrogen-bond acceptors (Lipinski definition) is 2. The number of benzene rings is 1. The Morgan fingerprint density at radius 3 is 2.63 bits per heavy atom. The Morgan fingerprint density at radius 1 is 1.42 bits per heavy atom. The van der Waals surface area contributed by atoms with Crippen LogP contribution < -0.4 is 10.6 Å². The normalized spacial score (nSPS) is 16.5. The molecule has 0 aliphatic heterocycles. The van der Waals surface area contributed by atoms with Gasteiger partial charge < -0.3 is 10.6 Å². The molecule has 1 aromatic carbocycles. The van der Waals surface area contributed by atoms with E-state index in [1.807, 2.05) is 19.9 Å². The van der Waals surface area contributed by atoms with Crippen LogP contribution in [-0.4, -0.2) is 13.1 Å². The fourth-order valence-corrected chi connectivity index (χ4v) is 2.51. The summed E-state index contributed by atoms with van der Waals surface area (Å²) >= 11 is 0. The number of aryl methyl sites for hydroxylation is 1. The van der Waals surface area contributed by atoms with E-state index in [0.29, 0.717) is 5.56 Å². The van der Waals surface area contributed by atoms with Crippen molar-refractivity contribution in [3.63, 3.8) is 0 Å². The minimum atomic E-state index is -0.154. The summed E-state index contributed by atoms with van der Waals surface area (Å²) in [6, 6.07) is 3.44. The fourth-order valence-electron chi connectivity index (χ4n) is 2.51. The average Bonchev–Trinajstić information content (AvgIpc) is 3.15. The van der Waals surface area contributed by atoms with E-state index in [4.69, 9.17) is 5.73 Å². The highest BCUT2D eigenvalue weighted by atomic mass is 19.1. The predicted molar refractivity (Wildman–Crippen MR) is 79.0 cm³/mol. The summed E-state index contributed by atoms with van der Waals surface area (Å²) in [7, 11) is 0. The predicted octanol–water partition coefficient (Wildman–Crippen LogP) is 3.78. The van der Waals surface area contributed by atoms with E-state index in [9.17, 15) is 4.39 Å². The molecule has 2 rings (SSSR count). The maximum absolute atomic E-state index is 13.8. The second-order valence-electron chi connectivity index (χ2n) is 5.84. The zero-order chi connectivity index (χ0) is 14.0. The molecule has 0 amide bonds. The zero-order valence-electron chi connectivity index (χ0n) is 12.2.